The molecule has 0 saturated carbocycles. The molecule has 2 N–H and O–H groups in total. The monoisotopic (exact) mass is 251 g/mol. The predicted octanol–water partition coefficient (Wildman–Crippen LogP) is 0.440. The summed E-state index contributed by atoms with van der Waals surface area (Å²) in [6.07, 6.45) is 0. The van der Waals surface area contributed by atoms with Crippen LogP contribution < -0.4 is 5.32 Å². The Bertz CT molecular complexity index is 405. The Labute approximate surface area is 106 Å². The zero-order chi connectivity index (χ0) is 13.5. The molecule has 0 aliphatic carbocycles. The number of esters is 1. The standard InChI is InChI=1S/C13H17NO4/c1-9(10-6-4-3-5-7-10)12(16)14-11(8-15)13(17)18-2/h3-7,9,11,15H,8H2,1-2H3,(H,14,16)/t9-,11-/m1/s1. The molecule has 0 spiro atoms. The number of hydrogen-bond donors (Lipinski definition) is 2. The van der Waals surface area contributed by atoms with E-state index in [1.54, 1.807) is 6.92 Å². The van der Waals surface area contributed by atoms with Crippen LogP contribution >= 0.6 is 0 Å². The van der Waals surface area contributed by atoms with Crippen LogP contribution in [0.25, 0.3) is 0 Å². The smallest absolute Gasteiger partial charge is 0.330 e. The van der Waals surface area contributed by atoms with Gasteiger partial charge in [-0.15, -0.1) is 0 Å². The van der Waals surface area contributed by atoms with Crippen molar-refractivity contribution >= 4 is 11.9 Å². The van der Waals surface area contributed by atoms with Crippen LogP contribution in [0.15, 0.2) is 30.3 Å². The first-order valence-corrected chi connectivity index (χ1v) is 5.64. The second-order valence-electron chi connectivity index (χ2n) is 3.90. The molecule has 2 atom stereocenters. The highest BCUT2D eigenvalue weighted by Crippen LogP contribution is 2.14. The largest absolute Gasteiger partial charge is 0.467 e. The molecule has 0 fully saturated rings. The first-order chi connectivity index (χ1) is 8.60. The highest BCUT2D eigenvalue weighted by atomic mass is 16.5. The van der Waals surface area contributed by atoms with Gasteiger partial charge in [0, 0.05) is 0 Å². The third kappa shape index (κ3) is 3.56. The maximum atomic E-state index is 11.9. The van der Waals surface area contributed by atoms with Crippen LogP contribution in [0.4, 0.5) is 0 Å². The lowest BCUT2D eigenvalue weighted by atomic mass is 10.0. The van der Waals surface area contributed by atoms with E-state index in [4.69, 9.17) is 5.11 Å². The van der Waals surface area contributed by atoms with Crippen molar-refractivity contribution in [2.45, 2.75) is 18.9 Å². The number of aliphatic hydroxyl groups excluding tert-OH is 1. The zero-order valence-corrected chi connectivity index (χ0v) is 10.4. The van der Waals surface area contributed by atoms with E-state index in [2.05, 4.69) is 10.1 Å². The minimum atomic E-state index is -1.02. The Morgan fingerprint density at radius 2 is 1.94 bits per heavy atom. The van der Waals surface area contributed by atoms with Crippen LogP contribution in [0.2, 0.25) is 0 Å². The topological polar surface area (TPSA) is 75.6 Å². The van der Waals surface area contributed by atoms with E-state index < -0.39 is 24.5 Å². The van der Waals surface area contributed by atoms with Gasteiger partial charge in [-0.25, -0.2) is 4.79 Å². The lowest BCUT2D eigenvalue weighted by Crippen LogP contribution is -2.45. The summed E-state index contributed by atoms with van der Waals surface area (Å²) in [5, 5.41) is 11.5. The molecule has 1 rings (SSSR count). The fraction of sp³-hybridized carbons (Fsp3) is 0.385. The van der Waals surface area contributed by atoms with Crippen molar-refractivity contribution in [1.29, 1.82) is 0 Å². The van der Waals surface area contributed by atoms with Crippen molar-refractivity contribution in [2.24, 2.45) is 0 Å². The van der Waals surface area contributed by atoms with Crippen LogP contribution in [-0.2, 0) is 14.3 Å². The van der Waals surface area contributed by atoms with Gasteiger partial charge in [-0.1, -0.05) is 30.3 Å². The summed E-state index contributed by atoms with van der Waals surface area (Å²) in [7, 11) is 1.21. The average Bonchev–Trinajstić information content (AvgIpc) is 2.43. The number of nitrogens with one attached hydrogen (secondary N) is 1. The highest BCUT2D eigenvalue weighted by Gasteiger charge is 2.23. The Morgan fingerprint density at radius 1 is 1.33 bits per heavy atom. The molecule has 0 saturated heterocycles. The molecule has 1 aromatic carbocycles. The number of ether oxygens (including phenoxy) is 1. The van der Waals surface area contributed by atoms with Gasteiger partial charge >= 0.3 is 5.97 Å². The van der Waals surface area contributed by atoms with Crippen molar-refractivity contribution in [3.8, 4) is 0 Å². The van der Waals surface area contributed by atoms with Gasteiger partial charge in [-0.3, -0.25) is 4.79 Å². The molecule has 5 heteroatoms. The van der Waals surface area contributed by atoms with E-state index >= 15 is 0 Å². The molecule has 98 valence electrons. The number of hydrogen-bond acceptors (Lipinski definition) is 4. The molecule has 18 heavy (non-hydrogen) atoms. The van der Waals surface area contributed by atoms with Crippen LogP contribution in [0.5, 0.6) is 0 Å². The Hall–Kier alpha value is -1.88. The van der Waals surface area contributed by atoms with Crippen molar-refractivity contribution < 1.29 is 19.4 Å². The van der Waals surface area contributed by atoms with Gasteiger partial charge < -0.3 is 15.2 Å². The van der Waals surface area contributed by atoms with E-state index in [1.807, 2.05) is 30.3 Å². The Balaban J connectivity index is 2.67. The number of amides is 1. The molecular weight excluding hydrogens is 234 g/mol. The van der Waals surface area contributed by atoms with Crippen LogP contribution in [0.3, 0.4) is 0 Å². The van der Waals surface area contributed by atoms with Gasteiger partial charge in [0.2, 0.25) is 5.91 Å². The third-order valence-electron chi connectivity index (χ3n) is 2.68. The summed E-state index contributed by atoms with van der Waals surface area (Å²) < 4.78 is 4.48. The third-order valence-corrected chi connectivity index (χ3v) is 2.68. The van der Waals surface area contributed by atoms with E-state index in [0.29, 0.717) is 0 Å². The first-order valence-electron chi connectivity index (χ1n) is 5.64. The Morgan fingerprint density at radius 3 is 2.44 bits per heavy atom. The molecule has 0 heterocycles. The molecular formula is C13H17NO4. The summed E-state index contributed by atoms with van der Waals surface area (Å²) in [5.41, 5.74) is 0.844. The van der Waals surface area contributed by atoms with Crippen molar-refractivity contribution in [3.05, 3.63) is 35.9 Å². The van der Waals surface area contributed by atoms with Gasteiger partial charge in [0.25, 0.3) is 0 Å². The summed E-state index contributed by atoms with van der Waals surface area (Å²) in [5.74, 6) is -1.39. The fourth-order valence-electron chi connectivity index (χ4n) is 1.51. The van der Waals surface area contributed by atoms with Gasteiger partial charge in [0.15, 0.2) is 6.04 Å². The first kappa shape index (κ1) is 14.2. The van der Waals surface area contributed by atoms with Crippen LogP contribution in [-0.4, -0.2) is 36.7 Å². The van der Waals surface area contributed by atoms with Crippen LogP contribution in [0.1, 0.15) is 18.4 Å². The molecule has 1 aromatic rings. The maximum Gasteiger partial charge on any atom is 0.330 e. The molecule has 0 radical (unpaired) electrons. The quantitative estimate of drug-likeness (QED) is 0.745. The van der Waals surface area contributed by atoms with E-state index in [-0.39, 0.29) is 5.91 Å². The SMILES string of the molecule is COC(=O)[C@@H](CO)NC(=O)[C@H](C)c1ccccc1. The number of aliphatic hydroxyl groups is 1. The zero-order valence-electron chi connectivity index (χ0n) is 10.4. The summed E-state index contributed by atoms with van der Waals surface area (Å²) in [6, 6.07) is 8.17. The number of benzene rings is 1. The summed E-state index contributed by atoms with van der Waals surface area (Å²) >= 11 is 0. The number of carbonyl (C=O) groups excluding carboxylic acids is 2. The second-order valence-corrected chi connectivity index (χ2v) is 3.90. The van der Waals surface area contributed by atoms with Crippen molar-refractivity contribution in [2.75, 3.05) is 13.7 Å². The molecule has 0 aliphatic rings. The number of rotatable bonds is 5. The normalized spacial score (nSPS) is 13.5. The maximum absolute atomic E-state index is 11.9. The lowest BCUT2D eigenvalue weighted by Gasteiger charge is -2.17. The second kappa shape index (κ2) is 6.76. The van der Waals surface area contributed by atoms with E-state index in [9.17, 15) is 9.59 Å². The van der Waals surface area contributed by atoms with Crippen molar-refractivity contribution in [3.63, 3.8) is 0 Å². The van der Waals surface area contributed by atoms with Gasteiger partial charge in [-0.05, 0) is 12.5 Å². The van der Waals surface area contributed by atoms with E-state index in [1.165, 1.54) is 7.11 Å². The molecule has 0 aromatic heterocycles. The molecule has 0 aliphatic heterocycles. The molecule has 5 nitrogen and oxygen atoms in total. The fourth-order valence-corrected chi connectivity index (χ4v) is 1.51. The minimum Gasteiger partial charge on any atom is -0.467 e. The van der Waals surface area contributed by atoms with Crippen LogP contribution in [0, 0.1) is 0 Å². The molecule has 0 bridgehead atoms. The minimum absolute atomic E-state index is 0.328. The van der Waals surface area contributed by atoms with Gasteiger partial charge in [0.05, 0.1) is 19.6 Å². The molecule has 1 amide bonds. The van der Waals surface area contributed by atoms with E-state index in [0.717, 1.165) is 5.56 Å². The highest BCUT2D eigenvalue weighted by molar-refractivity contribution is 5.88. The Kier molecular flexibility index (Phi) is 5.32. The van der Waals surface area contributed by atoms with Crippen molar-refractivity contribution in [1.82, 2.24) is 5.32 Å². The summed E-state index contributed by atoms with van der Waals surface area (Å²) in [4.78, 5) is 23.1. The summed E-state index contributed by atoms with van der Waals surface area (Å²) in [6.45, 7) is 1.25. The number of methoxy groups -OCH3 is 1. The number of carbonyl (C=O) groups is 2. The predicted molar refractivity (Wildman–Crippen MR) is 65.9 cm³/mol. The lowest BCUT2D eigenvalue weighted by molar-refractivity contribution is -0.146. The molecule has 0 unspecified atom stereocenters. The average molecular weight is 251 g/mol. The van der Waals surface area contributed by atoms with Gasteiger partial charge in [-0.2, -0.15) is 0 Å². The van der Waals surface area contributed by atoms with Gasteiger partial charge in [0.1, 0.15) is 0 Å².